The van der Waals surface area contributed by atoms with E-state index in [1.807, 2.05) is 61.5 Å². The minimum Gasteiger partial charge on any atom is -0.477 e. The number of para-hydroxylation sites is 1. The SMILES string of the molecule is CN(C)c1nc(C=Cc2nc(OCC3CC3)cc(N3CCCC3)n2)nc2ccccc12. The van der Waals surface area contributed by atoms with Crippen molar-refractivity contribution in [3.8, 4) is 5.88 Å². The molecule has 7 nitrogen and oxygen atoms in total. The average molecular weight is 417 g/mol. The van der Waals surface area contributed by atoms with E-state index in [-0.39, 0.29) is 0 Å². The monoisotopic (exact) mass is 416 g/mol. The third-order valence-corrected chi connectivity index (χ3v) is 5.71. The van der Waals surface area contributed by atoms with Crippen LogP contribution < -0.4 is 14.5 Å². The first-order valence-corrected chi connectivity index (χ1v) is 11.0. The van der Waals surface area contributed by atoms with Crippen molar-refractivity contribution in [1.29, 1.82) is 0 Å². The van der Waals surface area contributed by atoms with Gasteiger partial charge >= 0.3 is 0 Å². The van der Waals surface area contributed by atoms with Crippen molar-refractivity contribution in [2.24, 2.45) is 5.92 Å². The second-order valence-corrected chi connectivity index (χ2v) is 8.52. The van der Waals surface area contributed by atoms with Gasteiger partial charge in [0.25, 0.3) is 0 Å². The zero-order valence-electron chi connectivity index (χ0n) is 18.2. The lowest BCUT2D eigenvalue weighted by molar-refractivity contribution is 0.288. The van der Waals surface area contributed by atoms with Gasteiger partial charge in [0, 0.05) is 38.6 Å². The first kappa shape index (κ1) is 19.7. The van der Waals surface area contributed by atoms with Crippen LogP contribution in [0, 0.1) is 5.92 Å². The third-order valence-electron chi connectivity index (χ3n) is 5.71. The lowest BCUT2D eigenvalue weighted by Crippen LogP contribution is -2.19. The highest BCUT2D eigenvalue weighted by molar-refractivity contribution is 5.90. The molecule has 2 aromatic heterocycles. The number of hydrogen-bond donors (Lipinski definition) is 0. The van der Waals surface area contributed by atoms with Crippen LogP contribution in [0.15, 0.2) is 30.3 Å². The molecule has 5 rings (SSSR count). The Kier molecular flexibility index (Phi) is 5.40. The minimum atomic E-state index is 0.623. The van der Waals surface area contributed by atoms with Crippen molar-refractivity contribution in [2.75, 3.05) is 43.6 Å². The van der Waals surface area contributed by atoms with Gasteiger partial charge < -0.3 is 14.5 Å². The topological polar surface area (TPSA) is 67.3 Å². The van der Waals surface area contributed by atoms with Crippen molar-refractivity contribution in [1.82, 2.24) is 19.9 Å². The number of rotatable bonds is 7. The molecule has 1 aliphatic heterocycles. The summed E-state index contributed by atoms with van der Waals surface area (Å²) < 4.78 is 5.98. The van der Waals surface area contributed by atoms with E-state index in [1.54, 1.807) is 0 Å². The number of anilines is 2. The summed E-state index contributed by atoms with van der Waals surface area (Å²) >= 11 is 0. The molecule has 3 aromatic rings. The summed E-state index contributed by atoms with van der Waals surface area (Å²) in [5, 5.41) is 1.03. The third kappa shape index (κ3) is 4.60. The number of nitrogens with zero attached hydrogens (tertiary/aromatic N) is 6. The van der Waals surface area contributed by atoms with Crippen molar-refractivity contribution < 1.29 is 4.74 Å². The van der Waals surface area contributed by atoms with E-state index in [2.05, 4.69) is 9.88 Å². The maximum absolute atomic E-state index is 5.98. The first-order chi connectivity index (χ1) is 15.2. The molecule has 160 valence electrons. The molecular formula is C24H28N6O. The molecule has 2 fully saturated rings. The van der Waals surface area contributed by atoms with E-state index >= 15 is 0 Å². The summed E-state index contributed by atoms with van der Waals surface area (Å²) in [5.74, 6) is 4.42. The Bertz CT molecular complexity index is 1100. The van der Waals surface area contributed by atoms with Gasteiger partial charge in [-0.3, -0.25) is 0 Å². The maximum atomic E-state index is 5.98. The van der Waals surface area contributed by atoms with E-state index in [0.29, 0.717) is 23.4 Å². The van der Waals surface area contributed by atoms with Crippen LogP contribution in [0.3, 0.4) is 0 Å². The highest BCUT2D eigenvalue weighted by Gasteiger charge is 2.23. The van der Waals surface area contributed by atoms with Crippen molar-refractivity contribution in [2.45, 2.75) is 25.7 Å². The van der Waals surface area contributed by atoms with E-state index in [0.717, 1.165) is 42.2 Å². The molecule has 0 unspecified atom stereocenters. The summed E-state index contributed by atoms with van der Waals surface area (Å²) in [7, 11) is 3.99. The molecule has 1 saturated heterocycles. The van der Waals surface area contributed by atoms with E-state index in [4.69, 9.17) is 19.7 Å². The Labute approximate surface area is 182 Å². The molecule has 0 N–H and O–H groups in total. The summed E-state index contributed by atoms with van der Waals surface area (Å²) in [6, 6.07) is 10.0. The van der Waals surface area contributed by atoms with Crippen LogP contribution >= 0.6 is 0 Å². The molecule has 2 aliphatic rings. The summed E-state index contributed by atoms with van der Waals surface area (Å²) in [5.41, 5.74) is 0.918. The smallest absolute Gasteiger partial charge is 0.219 e. The number of aromatic nitrogens is 4. The quantitative estimate of drug-likeness (QED) is 0.576. The van der Waals surface area contributed by atoms with Gasteiger partial charge in [-0.2, -0.15) is 4.98 Å². The van der Waals surface area contributed by atoms with Crippen LogP contribution in [0.1, 0.15) is 37.3 Å². The van der Waals surface area contributed by atoms with Crippen LogP contribution in [-0.2, 0) is 0 Å². The summed E-state index contributed by atoms with van der Waals surface area (Å²) in [4.78, 5) is 23.2. The van der Waals surface area contributed by atoms with Gasteiger partial charge in [0.2, 0.25) is 5.88 Å². The van der Waals surface area contributed by atoms with Gasteiger partial charge in [-0.15, -0.1) is 0 Å². The number of hydrogen-bond acceptors (Lipinski definition) is 7. The van der Waals surface area contributed by atoms with Crippen molar-refractivity contribution >= 4 is 34.7 Å². The molecule has 31 heavy (non-hydrogen) atoms. The van der Waals surface area contributed by atoms with Gasteiger partial charge in [-0.05, 0) is 55.9 Å². The first-order valence-electron chi connectivity index (χ1n) is 11.0. The highest BCUT2D eigenvalue weighted by atomic mass is 16.5. The zero-order valence-corrected chi connectivity index (χ0v) is 18.2. The molecular weight excluding hydrogens is 388 g/mol. The van der Waals surface area contributed by atoms with Crippen LogP contribution in [0.5, 0.6) is 5.88 Å². The second kappa shape index (κ2) is 8.49. The Hall–Kier alpha value is -3.22. The standard InChI is InChI=1S/C24H28N6O/c1-29(2)24-18-7-3-4-8-19(18)25-20(28-24)11-12-21-26-22(30-13-5-6-14-30)15-23(27-21)31-16-17-9-10-17/h3-4,7-8,11-12,15,17H,5-6,9-10,13-14,16H2,1-2H3. The van der Waals surface area contributed by atoms with Crippen LogP contribution in [-0.4, -0.2) is 53.7 Å². The Morgan fingerprint density at radius 2 is 1.74 bits per heavy atom. The maximum Gasteiger partial charge on any atom is 0.219 e. The Morgan fingerprint density at radius 3 is 2.48 bits per heavy atom. The van der Waals surface area contributed by atoms with Crippen LogP contribution in [0.2, 0.25) is 0 Å². The number of benzene rings is 1. The van der Waals surface area contributed by atoms with E-state index in [9.17, 15) is 0 Å². The molecule has 1 aliphatic carbocycles. The number of fused-ring (bicyclic) bond motifs is 1. The lowest BCUT2D eigenvalue weighted by Gasteiger charge is -2.17. The van der Waals surface area contributed by atoms with E-state index in [1.165, 1.54) is 25.7 Å². The van der Waals surface area contributed by atoms with E-state index < -0.39 is 0 Å². The molecule has 0 amide bonds. The number of ether oxygens (including phenoxy) is 1. The van der Waals surface area contributed by atoms with Crippen molar-refractivity contribution in [3.05, 3.63) is 42.0 Å². The van der Waals surface area contributed by atoms with Crippen LogP contribution in [0.25, 0.3) is 23.1 Å². The molecule has 0 radical (unpaired) electrons. The molecule has 7 heteroatoms. The highest BCUT2D eigenvalue weighted by Crippen LogP contribution is 2.30. The largest absolute Gasteiger partial charge is 0.477 e. The fourth-order valence-electron chi connectivity index (χ4n) is 3.82. The Morgan fingerprint density at radius 1 is 1.00 bits per heavy atom. The molecule has 0 spiro atoms. The summed E-state index contributed by atoms with van der Waals surface area (Å²) in [6.45, 7) is 2.80. The lowest BCUT2D eigenvalue weighted by atomic mass is 10.2. The average Bonchev–Trinajstić information content (AvgIpc) is 3.45. The van der Waals surface area contributed by atoms with Gasteiger partial charge in [0.15, 0.2) is 11.6 Å². The predicted octanol–water partition coefficient (Wildman–Crippen LogP) is 4.05. The molecule has 3 heterocycles. The molecule has 1 saturated carbocycles. The molecule has 1 aromatic carbocycles. The minimum absolute atomic E-state index is 0.623. The second-order valence-electron chi connectivity index (χ2n) is 8.52. The molecule has 0 atom stereocenters. The fourth-order valence-corrected chi connectivity index (χ4v) is 3.82. The van der Waals surface area contributed by atoms with Gasteiger partial charge in [-0.25, -0.2) is 15.0 Å². The normalized spacial score (nSPS) is 16.4. The molecule has 0 bridgehead atoms. The van der Waals surface area contributed by atoms with Crippen molar-refractivity contribution in [3.63, 3.8) is 0 Å². The van der Waals surface area contributed by atoms with Gasteiger partial charge in [-0.1, -0.05) is 12.1 Å². The van der Waals surface area contributed by atoms with Crippen LogP contribution in [0.4, 0.5) is 11.6 Å². The predicted molar refractivity (Wildman–Crippen MR) is 124 cm³/mol. The summed E-state index contributed by atoms with van der Waals surface area (Å²) in [6.07, 6.45) is 8.67. The van der Waals surface area contributed by atoms with Gasteiger partial charge in [0.05, 0.1) is 12.1 Å². The Balaban J connectivity index is 1.46. The van der Waals surface area contributed by atoms with Gasteiger partial charge in [0.1, 0.15) is 11.6 Å². The zero-order chi connectivity index (χ0) is 21.2. The fraction of sp³-hybridized carbons (Fsp3) is 0.417.